The number of thiocarbonyl (C=S) groups is 1. The van der Waals surface area contributed by atoms with Gasteiger partial charge in [0, 0.05) is 17.3 Å². The summed E-state index contributed by atoms with van der Waals surface area (Å²) in [5, 5.41) is 3.27. The Morgan fingerprint density at radius 3 is 1.43 bits per heavy atom. The van der Waals surface area contributed by atoms with Gasteiger partial charge >= 0.3 is 0 Å². The van der Waals surface area contributed by atoms with E-state index in [1.807, 2.05) is 72.9 Å². The Morgan fingerprint density at radius 1 is 0.609 bits per heavy atom. The summed E-state index contributed by atoms with van der Waals surface area (Å²) in [6.45, 7) is 0. The van der Waals surface area contributed by atoms with Crippen LogP contribution in [0.4, 0.5) is 0 Å². The molecule has 2 heteroatoms. The summed E-state index contributed by atoms with van der Waals surface area (Å²) in [4.78, 5) is 0.718. The molecule has 112 valence electrons. The SMILES string of the molecule is S=C(NC=C(c1ccccc1)c1ccccc1)c1ccccc1. The standard InChI is InChI=1S/C21H17NS/c23-21(19-14-8-3-9-15-19)22-16-20(17-10-4-1-5-11-17)18-12-6-2-7-13-18/h1-16H,(H,22,23). The van der Waals surface area contributed by atoms with Crippen LogP contribution < -0.4 is 5.32 Å². The van der Waals surface area contributed by atoms with Gasteiger partial charge in [0.1, 0.15) is 4.99 Å². The van der Waals surface area contributed by atoms with Crippen LogP contribution in [0.2, 0.25) is 0 Å². The van der Waals surface area contributed by atoms with Gasteiger partial charge in [0.2, 0.25) is 0 Å². The van der Waals surface area contributed by atoms with E-state index in [9.17, 15) is 0 Å². The Labute approximate surface area is 142 Å². The van der Waals surface area contributed by atoms with Crippen LogP contribution in [0.1, 0.15) is 16.7 Å². The van der Waals surface area contributed by atoms with Crippen molar-refractivity contribution in [3.63, 3.8) is 0 Å². The van der Waals surface area contributed by atoms with Gasteiger partial charge in [0.15, 0.2) is 0 Å². The van der Waals surface area contributed by atoms with E-state index in [0.29, 0.717) is 0 Å². The molecule has 0 bridgehead atoms. The molecular weight excluding hydrogens is 298 g/mol. The average Bonchev–Trinajstić information content (AvgIpc) is 2.64. The van der Waals surface area contributed by atoms with Crippen LogP contribution in [0.15, 0.2) is 97.2 Å². The fraction of sp³-hybridized carbons (Fsp3) is 0. The lowest BCUT2D eigenvalue weighted by atomic mass is 9.99. The molecule has 0 aliphatic rings. The molecular formula is C21H17NS. The molecule has 1 nitrogen and oxygen atoms in total. The first-order valence-electron chi connectivity index (χ1n) is 7.51. The van der Waals surface area contributed by atoms with E-state index in [1.165, 1.54) is 0 Å². The maximum absolute atomic E-state index is 5.48. The number of rotatable bonds is 4. The molecule has 1 N–H and O–H groups in total. The molecule has 0 saturated heterocycles. The van der Waals surface area contributed by atoms with Gasteiger partial charge in [-0.2, -0.15) is 0 Å². The third-order valence-electron chi connectivity index (χ3n) is 3.55. The molecule has 3 aromatic rings. The van der Waals surface area contributed by atoms with Gasteiger partial charge in [-0.3, -0.25) is 0 Å². The number of hydrogen-bond acceptors (Lipinski definition) is 1. The predicted molar refractivity (Wildman–Crippen MR) is 101 cm³/mol. The van der Waals surface area contributed by atoms with E-state index in [2.05, 4.69) is 29.6 Å². The van der Waals surface area contributed by atoms with Crippen LogP contribution >= 0.6 is 12.2 Å². The second-order valence-corrected chi connectivity index (χ2v) is 5.54. The lowest BCUT2D eigenvalue weighted by Gasteiger charge is -2.10. The molecule has 0 radical (unpaired) electrons. The van der Waals surface area contributed by atoms with Crippen molar-refractivity contribution in [3.05, 3.63) is 114 Å². The number of benzene rings is 3. The van der Waals surface area contributed by atoms with Gasteiger partial charge in [-0.05, 0) is 11.1 Å². The zero-order valence-electron chi connectivity index (χ0n) is 12.6. The zero-order valence-corrected chi connectivity index (χ0v) is 13.5. The average molecular weight is 315 g/mol. The minimum absolute atomic E-state index is 0.718. The van der Waals surface area contributed by atoms with Crippen molar-refractivity contribution in [2.45, 2.75) is 0 Å². The second-order valence-electron chi connectivity index (χ2n) is 5.13. The normalized spacial score (nSPS) is 9.91. The van der Waals surface area contributed by atoms with Gasteiger partial charge in [-0.1, -0.05) is 103 Å². The molecule has 0 aromatic heterocycles. The molecule has 0 atom stereocenters. The number of hydrogen-bond donors (Lipinski definition) is 1. The Hall–Kier alpha value is -2.71. The highest BCUT2D eigenvalue weighted by molar-refractivity contribution is 7.80. The monoisotopic (exact) mass is 315 g/mol. The molecule has 0 fully saturated rings. The van der Waals surface area contributed by atoms with Gasteiger partial charge in [0.05, 0.1) is 0 Å². The predicted octanol–water partition coefficient (Wildman–Crippen LogP) is 5.04. The molecule has 0 aliphatic heterocycles. The van der Waals surface area contributed by atoms with E-state index in [4.69, 9.17) is 12.2 Å². The van der Waals surface area contributed by atoms with Crippen molar-refractivity contribution >= 4 is 22.8 Å². The second kappa shape index (κ2) is 7.52. The molecule has 0 heterocycles. The Balaban J connectivity index is 1.91. The Morgan fingerprint density at radius 2 is 1.00 bits per heavy atom. The zero-order chi connectivity index (χ0) is 15.9. The van der Waals surface area contributed by atoms with E-state index < -0.39 is 0 Å². The lowest BCUT2D eigenvalue weighted by molar-refractivity contribution is 1.30. The minimum Gasteiger partial charge on any atom is -0.352 e. The smallest absolute Gasteiger partial charge is 0.110 e. The molecule has 0 aliphatic carbocycles. The molecule has 0 amide bonds. The number of nitrogens with one attached hydrogen (secondary N) is 1. The summed E-state index contributed by atoms with van der Waals surface area (Å²) in [6.07, 6.45) is 1.99. The van der Waals surface area contributed by atoms with Gasteiger partial charge in [-0.25, -0.2) is 0 Å². The fourth-order valence-corrected chi connectivity index (χ4v) is 2.57. The Kier molecular flexibility index (Phi) is 4.97. The Bertz CT molecular complexity index is 752. The van der Waals surface area contributed by atoms with Crippen molar-refractivity contribution in [3.8, 4) is 0 Å². The van der Waals surface area contributed by atoms with Crippen molar-refractivity contribution < 1.29 is 0 Å². The first-order valence-corrected chi connectivity index (χ1v) is 7.92. The third kappa shape index (κ3) is 3.93. The van der Waals surface area contributed by atoms with E-state index in [-0.39, 0.29) is 0 Å². The summed E-state index contributed by atoms with van der Waals surface area (Å²) in [5.41, 5.74) is 4.44. The summed E-state index contributed by atoms with van der Waals surface area (Å²) < 4.78 is 0. The topological polar surface area (TPSA) is 12.0 Å². The van der Waals surface area contributed by atoms with E-state index >= 15 is 0 Å². The van der Waals surface area contributed by atoms with Crippen LogP contribution in [-0.4, -0.2) is 4.99 Å². The van der Waals surface area contributed by atoms with Crippen molar-refractivity contribution in [1.29, 1.82) is 0 Å². The third-order valence-corrected chi connectivity index (χ3v) is 3.91. The highest BCUT2D eigenvalue weighted by Crippen LogP contribution is 2.22. The highest BCUT2D eigenvalue weighted by Gasteiger charge is 2.05. The van der Waals surface area contributed by atoms with Crippen LogP contribution in [0.25, 0.3) is 5.57 Å². The first-order chi connectivity index (χ1) is 11.3. The van der Waals surface area contributed by atoms with Crippen molar-refractivity contribution in [2.24, 2.45) is 0 Å². The van der Waals surface area contributed by atoms with Crippen LogP contribution in [0, 0.1) is 0 Å². The molecule has 0 spiro atoms. The fourth-order valence-electron chi connectivity index (χ4n) is 2.38. The van der Waals surface area contributed by atoms with Crippen LogP contribution in [0.3, 0.4) is 0 Å². The maximum atomic E-state index is 5.48. The lowest BCUT2D eigenvalue weighted by Crippen LogP contribution is -2.16. The molecule has 3 aromatic carbocycles. The minimum atomic E-state index is 0.718. The summed E-state index contributed by atoms with van der Waals surface area (Å²) in [7, 11) is 0. The molecule has 23 heavy (non-hydrogen) atoms. The van der Waals surface area contributed by atoms with Gasteiger partial charge in [0.25, 0.3) is 0 Å². The van der Waals surface area contributed by atoms with Crippen molar-refractivity contribution in [1.82, 2.24) is 5.32 Å². The maximum Gasteiger partial charge on any atom is 0.110 e. The summed E-state index contributed by atoms with van der Waals surface area (Å²) in [5.74, 6) is 0. The summed E-state index contributed by atoms with van der Waals surface area (Å²) >= 11 is 5.48. The first kappa shape index (κ1) is 15.2. The van der Waals surface area contributed by atoms with E-state index in [0.717, 1.165) is 27.3 Å². The van der Waals surface area contributed by atoms with Gasteiger partial charge < -0.3 is 5.32 Å². The molecule has 0 unspecified atom stereocenters. The van der Waals surface area contributed by atoms with Crippen LogP contribution in [-0.2, 0) is 0 Å². The quantitative estimate of drug-likeness (QED) is 0.677. The largest absolute Gasteiger partial charge is 0.352 e. The van der Waals surface area contributed by atoms with E-state index in [1.54, 1.807) is 0 Å². The summed E-state index contributed by atoms with van der Waals surface area (Å²) in [6, 6.07) is 30.6. The van der Waals surface area contributed by atoms with Crippen molar-refractivity contribution in [2.75, 3.05) is 0 Å². The van der Waals surface area contributed by atoms with Gasteiger partial charge in [-0.15, -0.1) is 0 Å². The highest BCUT2D eigenvalue weighted by atomic mass is 32.1. The molecule has 0 saturated carbocycles. The van der Waals surface area contributed by atoms with Crippen LogP contribution in [0.5, 0.6) is 0 Å². The molecule has 3 rings (SSSR count).